The number of methoxy groups -OCH3 is 1. The zero-order valence-electron chi connectivity index (χ0n) is 7.94. The molecule has 0 spiro atoms. The predicted octanol–water partition coefficient (Wildman–Crippen LogP) is 2.01. The number of carbonyl (C=O) groups excluding carboxylic acids is 2. The summed E-state index contributed by atoms with van der Waals surface area (Å²) >= 11 is 1.44. The molecule has 14 heavy (non-hydrogen) atoms. The predicted molar refractivity (Wildman–Crippen MR) is 55.0 cm³/mol. The third kappa shape index (κ3) is 2.14. The highest BCUT2D eigenvalue weighted by atomic mass is 32.2. The molecule has 0 aliphatic carbocycles. The van der Waals surface area contributed by atoms with Crippen LogP contribution in [0.15, 0.2) is 23.1 Å². The van der Waals surface area contributed by atoms with Crippen LogP contribution in [0.25, 0.3) is 0 Å². The van der Waals surface area contributed by atoms with Crippen molar-refractivity contribution in [3.05, 3.63) is 29.3 Å². The summed E-state index contributed by atoms with van der Waals surface area (Å²) in [7, 11) is 1.32. The third-order valence-electron chi connectivity index (χ3n) is 1.76. The Hall–Kier alpha value is -1.29. The van der Waals surface area contributed by atoms with Crippen molar-refractivity contribution in [3.63, 3.8) is 0 Å². The van der Waals surface area contributed by atoms with Crippen molar-refractivity contribution in [2.24, 2.45) is 0 Å². The molecule has 4 heteroatoms. The van der Waals surface area contributed by atoms with E-state index in [1.54, 1.807) is 12.1 Å². The first-order chi connectivity index (χ1) is 6.72. The molecule has 0 aromatic heterocycles. The van der Waals surface area contributed by atoms with Crippen LogP contribution in [0.5, 0.6) is 0 Å². The normalized spacial score (nSPS) is 9.57. The van der Waals surface area contributed by atoms with Crippen LogP contribution in [0.2, 0.25) is 0 Å². The summed E-state index contributed by atoms with van der Waals surface area (Å²) in [5, 5.41) is 0. The van der Waals surface area contributed by atoms with Crippen LogP contribution in [-0.2, 0) is 4.74 Å². The molecule has 0 unspecified atom stereocenters. The smallest absolute Gasteiger partial charge is 0.339 e. The van der Waals surface area contributed by atoms with Crippen molar-refractivity contribution >= 4 is 24.0 Å². The quantitative estimate of drug-likeness (QED) is 0.435. The molecule has 0 heterocycles. The van der Waals surface area contributed by atoms with Crippen LogP contribution < -0.4 is 0 Å². The fourth-order valence-corrected chi connectivity index (χ4v) is 1.63. The number of hydrogen-bond acceptors (Lipinski definition) is 4. The molecule has 0 saturated carbocycles. The summed E-state index contributed by atoms with van der Waals surface area (Å²) < 4.78 is 4.61. The molecule has 0 aliphatic rings. The molecule has 3 nitrogen and oxygen atoms in total. The van der Waals surface area contributed by atoms with Gasteiger partial charge in [-0.15, -0.1) is 11.8 Å². The number of benzene rings is 1. The number of thioether (sulfide) groups is 1. The first-order valence-corrected chi connectivity index (χ1v) is 5.17. The van der Waals surface area contributed by atoms with E-state index >= 15 is 0 Å². The zero-order chi connectivity index (χ0) is 10.6. The molecular formula is C10H10O3S. The summed E-state index contributed by atoms with van der Waals surface area (Å²) in [6.45, 7) is 0. The van der Waals surface area contributed by atoms with Gasteiger partial charge in [0, 0.05) is 10.5 Å². The van der Waals surface area contributed by atoms with Gasteiger partial charge in [-0.05, 0) is 18.4 Å². The summed E-state index contributed by atoms with van der Waals surface area (Å²) in [6.07, 6.45) is 2.57. The Balaban J connectivity index is 3.21. The first kappa shape index (κ1) is 10.8. The van der Waals surface area contributed by atoms with Crippen molar-refractivity contribution in [1.82, 2.24) is 0 Å². The number of hydrogen-bond donors (Lipinski definition) is 0. The lowest BCUT2D eigenvalue weighted by Crippen LogP contribution is -2.03. The maximum Gasteiger partial charge on any atom is 0.339 e. The lowest BCUT2D eigenvalue weighted by Gasteiger charge is -2.05. The minimum Gasteiger partial charge on any atom is -0.465 e. The van der Waals surface area contributed by atoms with Crippen LogP contribution in [0.4, 0.5) is 0 Å². The Kier molecular flexibility index (Phi) is 3.71. The van der Waals surface area contributed by atoms with Gasteiger partial charge in [0.05, 0.1) is 12.7 Å². The van der Waals surface area contributed by atoms with E-state index in [2.05, 4.69) is 4.74 Å². The molecule has 0 aliphatic heterocycles. The number of aldehydes is 1. The van der Waals surface area contributed by atoms with Gasteiger partial charge < -0.3 is 4.74 Å². The highest BCUT2D eigenvalue weighted by molar-refractivity contribution is 7.98. The molecular weight excluding hydrogens is 200 g/mol. The maximum atomic E-state index is 11.3. The van der Waals surface area contributed by atoms with E-state index in [4.69, 9.17) is 0 Å². The van der Waals surface area contributed by atoms with E-state index in [0.717, 1.165) is 4.90 Å². The average molecular weight is 210 g/mol. The molecule has 0 fully saturated rings. The Labute approximate surface area is 86.5 Å². The van der Waals surface area contributed by atoms with E-state index in [9.17, 15) is 9.59 Å². The summed E-state index contributed by atoms with van der Waals surface area (Å²) in [5.41, 5.74) is 0.910. The van der Waals surface area contributed by atoms with Gasteiger partial charge in [-0.2, -0.15) is 0 Å². The number of esters is 1. The second-order valence-corrected chi connectivity index (χ2v) is 3.42. The lowest BCUT2D eigenvalue weighted by atomic mass is 10.1. The van der Waals surface area contributed by atoms with Crippen LogP contribution in [-0.4, -0.2) is 25.6 Å². The van der Waals surface area contributed by atoms with Gasteiger partial charge in [-0.3, -0.25) is 4.79 Å². The molecule has 0 saturated heterocycles. The van der Waals surface area contributed by atoms with Gasteiger partial charge in [-0.25, -0.2) is 4.79 Å². The molecule has 74 valence electrons. The average Bonchev–Trinajstić information content (AvgIpc) is 2.27. The van der Waals surface area contributed by atoms with Gasteiger partial charge in [0.2, 0.25) is 0 Å². The van der Waals surface area contributed by atoms with E-state index in [0.29, 0.717) is 17.4 Å². The van der Waals surface area contributed by atoms with Gasteiger partial charge >= 0.3 is 5.97 Å². The van der Waals surface area contributed by atoms with Gasteiger partial charge in [-0.1, -0.05) is 6.07 Å². The fraction of sp³-hybridized carbons (Fsp3) is 0.200. The van der Waals surface area contributed by atoms with E-state index in [1.807, 2.05) is 6.26 Å². The minimum atomic E-state index is -0.418. The Bertz CT molecular complexity index is 360. The summed E-state index contributed by atoms with van der Waals surface area (Å²) in [5.74, 6) is -0.418. The highest BCUT2D eigenvalue weighted by Gasteiger charge is 2.11. The maximum absolute atomic E-state index is 11.3. The van der Waals surface area contributed by atoms with Gasteiger partial charge in [0.25, 0.3) is 0 Å². The van der Waals surface area contributed by atoms with Crippen molar-refractivity contribution in [1.29, 1.82) is 0 Å². The lowest BCUT2D eigenvalue weighted by molar-refractivity contribution is 0.0597. The van der Waals surface area contributed by atoms with Crippen molar-refractivity contribution in [3.8, 4) is 0 Å². The topological polar surface area (TPSA) is 43.4 Å². The van der Waals surface area contributed by atoms with Crippen molar-refractivity contribution in [2.75, 3.05) is 13.4 Å². The number of carbonyl (C=O) groups is 2. The molecule has 1 aromatic carbocycles. The van der Waals surface area contributed by atoms with E-state index < -0.39 is 5.97 Å². The first-order valence-electron chi connectivity index (χ1n) is 3.94. The molecule has 0 radical (unpaired) electrons. The van der Waals surface area contributed by atoms with E-state index in [1.165, 1.54) is 24.9 Å². The summed E-state index contributed by atoms with van der Waals surface area (Å²) in [4.78, 5) is 22.6. The molecule has 1 aromatic rings. The van der Waals surface area contributed by atoms with Gasteiger partial charge in [0.15, 0.2) is 0 Å². The highest BCUT2D eigenvalue weighted by Crippen LogP contribution is 2.21. The standard InChI is InChI=1S/C10H10O3S/c1-13-10(12)8-5-7(6-11)3-4-9(8)14-2/h3-6H,1-2H3. The Morgan fingerprint density at radius 2 is 2.21 bits per heavy atom. The van der Waals surface area contributed by atoms with Crippen LogP contribution in [0.3, 0.4) is 0 Å². The molecule has 1 rings (SSSR count). The second kappa shape index (κ2) is 4.81. The zero-order valence-corrected chi connectivity index (χ0v) is 8.76. The molecule has 0 atom stereocenters. The molecule has 0 bridgehead atoms. The number of rotatable bonds is 3. The summed E-state index contributed by atoms with van der Waals surface area (Å²) in [6, 6.07) is 4.94. The second-order valence-electron chi connectivity index (χ2n) is 2.57. The van der Waals surface area contributed by atoms with Crippen LogP contribution in [0.1, 0.15) is 20.7 Å². The monoisotopic (exact) mass is 210 g/mol. The molecule has 0 N–H and O–H groups in total. The van der Waals surface area contributed by atoms with Crippen molar-refractivity contribution < 1.29 is 14.3 Å². The number of ether oxygens (including phenoxy) is 1. The minimum absolute atomic E-state index is 0.418. The third-order valence-corrected chi connectivity index (χ3v) is 2.56. The van der Waals surface area contributed by atoms with E-state index in [-0.39, 0.29) is 0 Å². The SMILES string of the molecule is COC(=O)c1cc(C=O)ccc1SC. The van der Waals surface area contributed by atoms with Crippen LogP contribution >= 0.6 is 11.8 Å². The van der Waals surface area contributed by atoms with Crippen LogP contribution in [0, 0.1) is 0 Å². The van der Waals surface area contributed by atoms with Gasteiger partial charge in [0.1, 0.15) is 6.29 Å². The Morgan fingerprint density at radius 3 is 2.71 bits per heavy atom. The Morgan fingerprint density at radius 1 is 1.50 bits per heavy atom. The molecule has 0 amide bonds. The largest absolute Gasteiger partial charge is 0.465 e. The van der Waals surface area contributed by atoms with Crippen molar-refractivity contribution in [2.45, 2.75) is 4.90 Å². The fourth-order valence-electron chi connectivity index (χ4n) is 1.07.